The van der Waals surface area contributed by atoms with Crippen LogP contribution >= 0.6 is 0 Å². The van der Waals surface area contributed by atoms with Gasteiger partial charge in [0.2, 0.25) is 0 Å². The SMILES string of the molecule is OC(c1ccccn1)c1cccc(F)c1N1CCN(Cc2ccc(F)cc2)CC1. The lowest BCUT2D eigenvalue weighted by Crippen LogP contribution is -2.46. The minimum atomic E-state index is -0.987. The number of aliphatic hydroxyl groups is 1. The van der Waals surface area contributed by atoms with Crippen LogP contribution in [0.25, 0.3) is 0 Å². The molecule has 1 unspecified atom stereocenters. The molecule has 1 saturated heterocycles. The van der Waals surface area contributed by atoms with E-state index in [9.17, 15) is 13.9 Å². The number of aliphatic hydroxyl groups excluding tert-OH is 1. The molecule has 0 spiro atoms. The summed E-state index contributed by atoms with van der Waals surface area (Å²) in [5.41, 5.74) is 2.51. The Balaban J connectivity index is 1.49. The third-order valence-electron chi connectivity index (χ3n) is 5.29. The maximum absolute atomic E-state index is 14.8. The molecule has 150 valence electrons. The summed E-state index contributed by atoms with van der Waals surface area (Å²) >= 11 is 0. The van der Waals surface area contributed by atoms with Crippen molar-refractivity contribution in [1.29, 1.82) is 0 Å². The molecule has 1 aliphatic rings. The number of piperazine rings is 1. The number of benzene rings is 2. The normalized spacial score (nSPS) is 16.0. The van der Waals surface area contributed by atoms with Gasteiger partial charge < -0.3 is 10.0 Å². The van der Waals surface area contributed by atoms with E-state index in [4.69, 9.17) is 0 Å². The predicted octanol–water partition coefficient (Wildman–Crippen LogP) is 3.76. The molecular formula is C23H23F2N3O. The quantitative estimate of drug-likeness (QED) is 0.714. The van der Waals surface area contributed by atoms with Crippen molar-refractivity contribution in [2.45, 2.75) is 12.6 Å². The lowest BCUT2D eigenvalue weighted by Gasteiger charge is -2.37. The first-order valence-corrected chi connectivity index (χ1v) is 9.71. The average Bonchev–Trinajstić information content (AvgIpc) is 2.76. The van der Waals surface area contributed by atoms with E-state index in [0.717, 1.165) is 25.2 Å². The molecule has 0 radical (unpaired) electrons. The van der Waals surface area contributed by atoms with Crippen molar-refractivity contribution >= 4 is 5.69 Å². The highest BCUT2D eigenvalue weighted by molar-refractivity contribution is 5.57. The number of pyridine rings is 1. The fraction of sp³-hybridized carbons (Fsp3) is 0.261. The maximum atomic E-state index is 14.8. The molecule has 1 aliphatic heterocycles. The third kappa shape index (κ3) is 4.44. The Morgan fingerprint density at radius 2 is 1.66 bits per heavy atom. The monoisotopic (exact) mass is 395 g/mol. The largest absolute Gasteiger partial charge is 0.382 e. The molecule has 1 atom stereocenters. The summed E-state index contributed by atoms with van der Waals surface area (Å²) in [5, 5.41) is 10.8. The lowest BCUT2D eigenvalue weighted by atomic mass is 10.0. The van der Waals surface area contributed by atoms with Crippen molar-refractivity contribution in [3.8, 4) is 0 Å². The highest BCUT2D eigenvalue weighted by Gasteiger charge is 2.25. The molecule has 29 heavy (non-hydrogen) atoms. The predicted molar refractivity (Wildman–Crippen MR) is 109 cm³/mol. The maximum Gasteiger partial charge on any atom is 0.146 e. The summed E-state index contributed by atoms with van der Waals surface area (Å²) in [5.74, 6) is -0.582. The second-order valence-corrected chi connectivity index (χ2v) is 7.22. The molecule has 2 heterocycles. The van der Waals surface area contributed by atoms with Gasteiger partial charge in [-0.05, 0) is 35.9 Å². The van der Waals surface area contributed by atoms with E-state index in [2.05, 4.69) is 9.88 Å². The summed E-state index contributed by atoms with van der Waals surface area (Å²) < 4.78 is 27.9. The number of hydrogen-bond acceptors (Lipinski definition) is 4. The van der Waals surface area contributed by atoms with E-state index < -0.39 is 6.10 Å². The van der Waals surface area contributed by atoms with Crippen LogP contribution in [0.15, 0.2) is 66.9 Å². The highest BCUT2D eigenvalue weighted by Crippen LogP contribution is 2.33. The summed E-state index contributed by atoms with van der Waals surface area (Å²) in [6, 6.07) is 16.6. The first kappa shape index (κ1) is 19.5. The third-order valence-corrected chi connectivity index (χ3v) is 5.29. The molecule has 4 rings (SSSR count). The molecular weight excluding hydrogens is 372 g/mol. The van der Waals surface area contributed by atoms with Crippen molar-refractivity contribution in [2.24, 2.45) is 0 Å². The average molecular weight is 395 g/mol. The molecule has 3 aromatic rings. The fourth-order valence-corrected chi connectivity index (χ4v) is 3.76. The molecule has 2 aromatic carbocycles. The zero-order valence-corrected chi connectivity index (χ0v) is 16.0. The molecule has 1 N–H and O–H groups in total. The van der Waals surface area contributed by atoms with Gasteiger partial charge in [-0.15, -0.1) is 0 Å². The van der Waals surface area contributed by atoms with E-state index >= 15 is 0 Å². The van der Waals surface area contributed by atoms with Gasteiger partial charge in [0.15, 0.2) is 0 Å². The molecule has 0 amide bonds. The number of rotatable bonds is 5. The Morgan fingerprint density at radius 1 is 0.897 bits per heavy atom. The van der Waals surface area contributed by atoms with Crippen molar-refractivity contribution in [2.75, 3.05) is 31.1 Å². The highest BCUT2D eigenvalue weighted by atomic mass is 19.1. The van der Waals surface area contributed by atoms with Crippen molar-refractivity contribution < 1.29 is 13.9 Å². The smallest absolute Gasteiger partial charge is 0.146 e. The van der Waals surface area contributed by atoms with E-state index in [1.54, 1.807) is 48.7 Å². The molecule has 0 bridgehead atoms. The van der Waals surface area contributed by atoms with Crippen molar-refractivity contribution in [3.05, 3.63) is 95.3 Å². The fourth-order valence-electron chi connectivity index (χ4n) is 3.76. The molecule has 6 heteroatoms. The van der Waals surface area contributed by atoms with Gasteiger partial charge in [0, 0.05) is 44.5 Å². The number of para-hydroxylation sites is 1. The summed E-state index contributed by atoms with van der Waals surface area (Å²) in [6.07, 6.45) is 0.630. The number of nitrogens with zero attached hydrogens (tertiary/aromatic N) is 3. The van der Waals surface area contributed by atoms with Gasteiger partial charge in [0.05, 0.1) is 11.4 Å². The number of aromatic nitrogens is 1. The van der Waals surface area contributed by atoms with E-state index in [1.165, 1.54) is 18.2 Å². The standard InChI is InChI=1S/C23H23F2N3O/c24-18-9-7-17(8-10-18)16-27-12-14-28(15-13-27)22-19(4-3-5-20(22)25)23(29)21-6-1-2-11-26-21/h1-11,23,29H,12-16H2. The Bertz CT molecular complexity index is 942. The summed E-state index contributed by atoms with van der Waals surface area (Å²) in [7, 11) is 0. The topological polar surface area (TPSA) is 39.6 Å². The molecule has 0 aliphatic carbocycles. The number of anilines is 1. The zero-order chi connectivity index (χ0) is 20.2. The first-order chi connectivity index (χ1) is 14.1. The molecule has 1 aromatic heterocycles. The van der Waals surface area contributed by atoms with Crippen molar-refractivity contribution in [1.82, 2.24) is 9.88 Å². The van der Waals surface area contributed by atoms with Gasteiger partial charge in [-0.25, -0.2) is 8.78 Å². The van der Waals surface area contributed by atoms with E-state index in [0.29, 0.717) is 30.0 Å². The van der Waals surface area contributed by atoms with Crippen LogP contribution in [-0.4, -0.2) is 41.2 Å². The number of hydrogen-bond donors (Lipinski definition) is 1. The van der Waals surface area contributed by atoms with Gasteiger partial charge >= 0.3 is 0 Å². The summed E-state index contributed by atoms with van der Waals surface area (Å²) in [4.78, 5) is 8.46. The van der Waals surface area contributed by atoms with Crippen molar-refractivity contribution in [3.63, 3.8) is 0 Å². The first-order valence-electron chi connectivity index (χ1n) is 9.71. The van der Waals surface area contributed by atoms with Crippen LogP contribution in [0, 0.1) is 11.6 Å². The van der Waals surface area contributed by atoms with Gasteiger partial charge in [0.1, 0.15) is 17.7 Å². The minimum Gasteiger partial charge on any atom is -0.382 e. The second-order valence-electron chi connectivity index (χ2n) is 7.22. The second kappa shape index (κ2) is 8.68. The van der Waals surface area contributed by atoms with Gasteiger partial charge in [-0.1, -0.05) is 30.3 Å². The van der Waals surface area contributed by atoms with Gasteiger partial charge in [-0.3, -0.25) is 9.88 Å². The zero-order valence-electron chi connectivity index (χ0n) is 16.0. The van der Waals surface area contributed by atoms with Crippen LogP contribution in [-0.2, 0) is 6.54 Å². The van der Waals surface area contributed by atoms with Crippen LogP contribution in [0.3, 0.4) is 0 Å². The van der Waals surface area contributed by atoms with Crippen LogP contribution in [0.5, 0.6) is 0 Å². The molecule has 1 fully saturated rings. The Hall–Kier alpha value is -2.83. The minimum absolute atomic E-state index is 0.239. The number of halogens is 2. The lowest BCUT2D eigenvalue weighted by molar-refractivity contribution is 0.213. The van der Waals surface area contributed by atoms with Crippen LogP contribution in [0.1, 0.15) is 22.9 Å². The molecule has 0 saturated carbocycles. The Kier molecular flexibility index (Phi) is 5.83. The Morgan fingerprint density at radius 3 is 2.34 bits per heavy atom. The Labute approximate surface area is 169 Å². The van der Waals surface area contributed by atoms with Crippen LogP contribution in [0.4, 0.5) is 14.5 Å². The van der Waals surface area contributed by atoms with Gasteiger partial charge in [0.25, 0.3) is 0 Å². The van der Waals surface area contributed by atoms with Gasteiger partial charge in [-0.2, -0.15) is 0 Å². The van der Waals surface area contributed by atoms with Crippen LogP contribution in [0.2, 0.25) is 0 Å². The van der Waals surface area contributed by atoms with E-state index in [-0.39, 0.29) is 11.6 Å². The molecule has 4 nitrogen and oxygen atoms in total. The summed E-state index contributed by atoms with van der Waals surface area (Å²) in [6.45, 7) is 3.53. The van der Waals surface area contributed by atoms with Crippen LogP contribution < -0.4 is 4.90 Å². The van der Waals surface area contributed by atoms with E-state index in [1.807, 2.05) is 4.90 Å².